The van der Waals surface area contributed by atoms with Crippen molar-refractivity contribution in [1.82, 2.24) is 5.32 Å². The smallest absolute Gasteiger partial charge is 0.228 e. The molecule has 1 saturated heterocycles. The van der Waals surface area contributed by atoms with E-state index in [1.807, 2.05) is 12.1 Å². The van der Waals surface area contributed by atoms with E-state index >= 15 is 0 Å². The highest BCUT2D eigenvalue weighted by atomic mass is 16.5. The van der Waals surface area contributed by atoms with Crippen molar-refractivity contribution < 1.29 is 9.53 Å². The molecule has 2 aliphatic heterocycles. The first-order valence-corrected chi connectivity index (χ1v) is 6.67. The average Bonchev–Trinajstić information content (AvgIpc) is 2.78. The van der Waals surface area contributed by atoms with E-state index in [4.69, 9.17) is 4.74 Å². The van der Waals surface area contributed by atoms with Crippen molar-refractivity contribution in [3.05, 3.63) is 23.8 Å². The highest BCUT2D eigenvalue weighted by Crippen LogP contribution is 2.27. The lowest BCUT2D eigenvalue weighted by Crippen LogP contribution is -2.47. The third-order valence-corrected chi connectivity index (χ3v) is 3.65. The van der Waals surface area contributed by atoms with Gasteiger partial charge in [0, 0.05) is 37.6 Å². The minimum atomic E-state index is 0.0807. The van der Waals surface area contributed by atoms with Gasteiger partial charge < -0.3 is 20.3 Å². The number of rotatable bonds is 3. The number of benzene rings is 1. The van der Waals surface area contributed by atoms with Crippen molar-refractivity contribution in [1.29, 1.82) is 0 Å². The molecule has 5 nitrogen and oxygen atoms in total. The molecule has 19 heavy (non-hydrogen) atoms. The number of nitrogens with zero attached hydrogens (tertiary/aromatic N) is 1. The van der Waals surface area contributed by atoms with Crippen LogP contribution in [-0.4, -0.2) is 45.3 Å². The molecule has 1 amide bonds. The second-order valence-corrected chi connectivity index (χ2v) is 5.17. The standard InChI is InChI=1S/C14H19N3O2/c1-17(8-11-9-19-5-4-15-11)12-2-3-13-10(6-12)7-14(18)16-13/h2-3,6,11,15H,4-5,7-9H2,1H3,(H,16,18). The van der Waals surface area contributed by atoms with Crippen LogP contribution in [0.3, 0.4) is 0 Å². The quantitative estimate of drug-likeness (QED) is 0.837. The van der Waals surface area contributed by atoms with Crippen LogP contribution in [0.4, 0.5) is 11.4 Å². The van der Waals surface area contributed by atoms with Gasteiger partial charge in [-0.15, -0.1) is 0 Å². The Labute approximate surface area is 112 Å². The summed E-state index contributed by atoms with van der Waals surface area (Å²) in [6.07, 6.45) is 0.488. The number of amides is 1. The summed E-state index contributed by atoms with van der Waals surface area (Å²) in [6, 6.07) is 6.49. The zero-order chi connectivity index (χ0) is 13.2. The van der Waals surface area contributed by atoms with Gasteiger partial charge in [-0.1, -0.05) is 0 Å². The minimum Gasteiger partial charge on any atom is -0.378 e. The molecule has 0 saturated carbocycles. The van der Waals surface area contributed by atoms with Crippen molar-refractivity contribution in [2.45, 2.75) is 12.5 Å². The second-order valence-electron chi connectivity index (χ2n) is 5.17. The zero-order valence-corrected chi connectivity index (χ0v) is 11.1. The maximum absolute atomic E-state index is 11.3. The van der Waals surface area contributed by atoms with Crippen molar-refractivity contribution in [3.63, 3.8) is 0 Å². The summed E-state index contributed by atoms with van der Waals surface area (Å²) in [6.45, 7) is 3.38. The highest BCUT2D eigenvalue weighted by molar-refractivity contribution is 5.99. The summed E-state index contributed by atoms with van der Waals surface area (Å²) in [5.74, 6) is 0.0807. The third-order valence-electron chi connectivity index (χ3n) is 3.65. The summed E-state index contributed by atoms with van der Waals surface area (Å²) in [5, 5.41) is 6.30. The first-order valence-electron chi connectivity index (χ1n) is 6.67. The Morgan fingerprint density at radius 1 is 1.47 bits per heavy atom. The molecule has 1 atom stereocenters. The van der Waals surface area contributed by atoms with Crippen LogP contribution >= 0.6 is 0 Å². The van der Waals surface area contributed by atoms with Crippen molar-refractivity contribution in [2.75, 3.05) is 43.6 Å². The molecule has 5 heteroatoms. The number of carbonyl (C=O) groups excluding carboxylic acids is 1. The molecule has 102 valence electrons. The molecule has 1 unspecified atom stereocenters. The van der Waals surface area contributed by atoms with Gasteiger partial charge in [-0.2, -0.15) is 0 Å². The first-order chi connectivity index (χ1) is 9.22. The Kier molecular flexibility index (Phi) is 3.40. The number of morpholine rings is 1. The van der Waals surface area contributed by atoms with E-state index in [2.05, 4.69) is 28.6 Å². The molecule has 2 heterocycles. The highest BCUT2D eigenvalue weighted by Gasteiger charge is 2.19. The van der Waals surface area contributed by atoms with E-state index in [-0.39, 0.29) is 5.91 Å². The number of ether oxygens (including phenoxy) is 1. The molecule has 3 rings (SSSR count). The van der Waals surface area contributed by atoms with Crippen LogP contribution in [0.1, 0.15) is 5.56 Å². The number of fused-ring (bicyclic) bond motifs is 1. The van der Waals surface area contributed by atoms with Crippen LogP contribution in [0.15, 0.2) is 18.2 Å². The number of nitrogens with one attached hydrogen (secondary N) is 2. The van der Waals surface area contributed by atoms with Gasteiger partial charge in [-0.3, -0.25) is 4.79 Å². The molecule has 0 radical (unpaired) electrons. The monoisotopic (exact) mass is 261 g/mol. The number of hydrogen-bond acceptors (Lipinski definition) is 4. The van der Waals surface area contributed by atoms with Crippen LogP contribution in [0, 0.1) is 0 Å². The lowest BCUT2D eigenvalue weighted by atomic mass is 10.1. The maximum atomic E-state index is 11.3. The number of carbonyl (C=O) groups is 1. The predicted molar refractivity (Wildman–Crippen MR) is 74.7 cm³/mol. The normalized spacial score (nSPS) is 21.9. The van der Waals surface area contributed by atoms with E-state index < -0.39 is 0 Å². The topological polar surface area (TPSA) is 53.6 Å². The lowest BCUT2D eigenvalue weighted by Gasteiger charge is -2.29. The van der Waals surface area contributed by atoms with E-state index in [0.717, 1.165) is 43.2 Å². The number of hydrogen-bond donors (Lipinski definition) is 2. The summed E-state index contributed by atoms with van der Waals surface area (Å²) in [5.41, 5.74) is 3.17. The van der Waals surface area contributed by atoms with Gasteiger partial charge in [0.2, 0.25) is 5.91 Å². The first kappa shape index (κ1) is 12.4. The molecule has 0 spiro atoms. The van der Waals surface area contributed by atoms with E-state index in [9.17, 15) is 4.79 Å². The Bertz CT molecular complexity index is 484. The second kappa shape index (κ2) is 5.19. The van der Waals surface area contributed by atoms with Crippen LogP contribution < -0.4 is 15.5 Å². The lowest BCUT2D eigenvalue weighted by molar-refractivity contribution is -0.115. The van der Waals surface area contributed by atoms with Crippen LogP contribution in [0.25, 0.3) is 0 Å². The molecule has 0 aromatic heterocycles. The maximum Gasteiger partial charge on any atom is 0.228 e. The van der Waals surface area contributed by atoms with Crippen molar-refractivity contribution >= 4 is 17.3 Å². The molecule has 0 aliphatic carbocycles. The molecule has 1 fully saturated rings. The average molecular weight is 261 g/mol. The van der Waals surface area contributed by atoms with Gasteiger partial charge in [0.15, 0.2) is 0 Å². The Morgan fingerprint density at radius 2 is 2.37 bits per heavy atom. The fourth-order valence-corrected chi connectivity index (χ4v) is 2.63. The van der Waals surface area contributed by atoms with Crippen molar-refractivity contribution in [2.24, 2.45) is 0 Å². The van der Waals surface area contributed by atoms with E-state index in [1.54, 1.807) is 0 Å². The van der Waals surface area contributed by atoms with Gasteiger partial charge in [0.1, 0.15) is 0 Å². The number of anilines is 2. The Hall–Kier alpha value is -1.59. The fraction of sp³-hybridized carbons (Fsp3) is 0.500. The Balaban J connectivity index is 1.68. The summed E-state index contributed by atoms with van der Waals surface area (Å²) in [4.78, 5) is 13.6. The van der Waals surface area contributed by atoms with Gasteiger partial charge >= 0.3 is 0 Å². The fourth-order valence-electron chi connectivity index (χ4n) is 2.63. The summed E-state index contributed by atoms with van der Waals surface area (Å²) in [7, 11) is 2.07. The largest absolute Gasteiger partial charge is 0.378 e. The summed E-state index contributed by atoms with van der Waals surface area (Å²) < 4.78 is 5.46. The molecule has 1 aromatic rings. The van der Waals surface area contributed by atoms with Gasteiger partial charge in [-0.25, -0.2) is 0 Å². The summed E-state index contributed by atoms with van der Waals surface area (Å²) >= 11 is 0. The molecule has 2 N–H and O–H groups in total. The van der Waals surface area contributed by atoms with Crippen molar-refractivity contribution in [3.8, 4) is 0 Å². The minimum absolute atomic E-state index is 0.0807. The van der Waals surface area contributed by atoms with E-state index in [0.29, 0.717) is 12.5 Å². The number of likely N-dealkylation sites (N-methyl/N-ethyl adjacent to an activating group) is 1. The van der Waals surface area contributed by atoms with Crippen LogP contribution in [-0.2, 0) is 16.0 Å². The molecule has 1 aromatic carbocycles. The van der Waals surface area contributed by atoms with Gasteiger partial charge in [0.25, 0.3) is 0 Å². The van der Waals surface area contributed by atoms with Gasteiger partial charge in [-0.05, 0) is 23.8 Å². The predicted octanol–water partition coefficient (Wildman–Crippen LogP) is 0.606. The Morgan fingerprint density at radius 3 is 3.16 bits per heavy atom. The van der Waals surface area contributed by atoms with Crippen LogP contribution in [0.2, 0.25) is 0 Å². The third kappa shape index (κ3) is 2.72. The molecule has 2 aliphatic rings. The van der Waals surface area contributed by atoms with E-state index in [1.165, 1.54) is 0 Å². The SMILES string of the molecule is CN(CC1COCCN1)c1ccc2c(c1)CC(=O)N2. The molecular weight excluding hydrogens is 242 g/mol. The molecular formula is C14H19N3O2. The molecule has 0 bridgehead atoms. The van der Waals surface area contributed by atoms with Gasteiger partial charge in [0.05, 0.1) is 19.6 Å². The van der Waals surface area contributed by atoms with Crippen LogP contribution in [0.5, 0.6) is 0 Å². The zero-order valence-electron chi connectivity index (χ0n) is 11.1.